The summed E-state index contributed by atoms with van der Waals surface area (Å²) < 4.78 is 0. The molecule has 1 fully saturated rings. The fourth-order valence-corrected chi connectivity index (χ4v) is 3.68. The van der Waals surface area contributed by atoms with Gasteiger partial charge in [-0.1, -0.05) is 13.0 Å². The van der Waals surface area contributed by atoms with Gasteiger partial charge in [0.05, 0.1) is 6.04 Å². The van der Waals surface area contributed by atoms with Crippen molar-refractivity contribution in [2.75, 3.05) is 13.6 Å². The standard InChI is InChI=1S/C15H20N2O3/c1-14-5-6-17(2)12(15(14,19)20)8-9-3-4-10(13(16)18)7-11(9)14/h3-4,7,12,19-20H,5-6,8H2,1-2H3,(H2,16,18)/t12-,14?/m1/s1. The third-order valence-electron chi connectivity index (χ3n) is 5.18. The average Bonchev–Trinajstić information content (AvgIpc) is 2.38. The van der Waals surface area contributed by atoms with Crippen LogP contribution >= 0.6 is 0 Å². The number of carbonyl (C=O) groups excluding carboxylic acids is 1. The van der Waals surface area contributed by atoms with Crippen molar-refractivity contribution in [3.63, 3.8) is 0 Å². The Morgan fingerprint density at radius 1 is 1.45 bits per heavy atom. The third-order valence-corrected chi connectivity index (χ3v) is 5.18. The minimum absolute atomic E-state index is 0.326. The quantitative estimate of drug-likeness (QED) is 0.629. The van der Waals surface area contributed by atoms with Crippen LogP contribution in [0.25, 0.3) is 0 Å². The molecule has 1 amide bonds. The minimum atomic E-state index is -1.80. The van der Waals surface area contributed by atoms with Crippen molar-refractivity contribution >= 4 is 5.91 Å². The van der Waals surface area contributed by atoms with Crippen molar-refractivity contribution in [2.45, 2.75) is 37.0 Å². The van der Waals surface area contributed by atoms with Gasteiger partial charge in [-0.05, 0) is 49.7 Å². The molecule has 4 N–H and O–H groups in total. The van der Waals surface area contributed by atoms with Crippen LogP contribution < -0.4 is 5.73 Å². The third kappa shape index (κ3) is 1.57. The molecule has 5 heteroatoms. The number of rotatable bonds is 1. The summed E-state index contributed by atoms with van der Waals surface area (Å²) in [5.41, 5.74) is 6.88. The van der Waals surface area contributed by atoms with Gasteiger partial charge >= 0.3 is 0 Å². The van der Waals surface area contributed by atoms with Gasteiger partial charge in [0.25, 0.3) is 0 Å². The zero-order valence-electron chi connectivity index (χ0n) is 11.8. The van der Waals surface area contributed by atoms with Gasteiger partial charge in [-0.15, -0.1) is 0 Å². The lowest BCUT2D eigenvalue weighted by Gasteiger charge is -2.57. The van der Waals surface area contributed by atoms with E-state index in [1.54, 1.807) is 12.1 Å². The Labute approximate surface area is 118 Å². The fraction of sp³-hybridized carbons (Fsp3) is 0.533. The zero-order valence-corrected chi connectivity index (χ0v) is 11.8. The highest BCUT2D eigenvalue weighted by molar-refractivity contribution is 5.93. The van der Waals surface area contributed by atoms with Gasteiger partial charge in [0.1, 0.15) is 0 Å². The molecule has 2 bridgehead atoms. The Kier molecular flexibility index (Phi) is 2.73. The number of fused-ring (bicyclic) bond motifs is 4. The van der Waals surface area contributed by atoms with Crippen molar-refractivity contribution in [2.24, 2.45) is 5.73 Å². The van der Waals surface area contributed by atoms with Crippen LogP contribution in [0.1, 0.15) is 34.8 Å². The van der Waals surface area contributed by atoms with Crippen LogP contribution in [-0.4, -0.2) is 46.4 Å². The number of carbonyl (C=O) groups is 1. The van der Waals surface area contributed by atoms with E-state index >= 15 is 0 Å². The topological polar surface area (TPSA) is 86.8 Å². The summed E-state index contributed by atoms with van der Waals surface area (Å²) >= 11 is 0. The molecule has 20 heavy (non-hydrogen) atoms. The van der Waals surface area contributed by atoms with Crippen LogP contribution in [0.5, 0.6) is 0 Å². The first-order valence-corrected chi connectivity index (χ1v) is 6.85. The molecule has 2 atom stereocenters. The van der Waals surface area contributed by atoms with Crippen LogP contribution in [0, 0.1) is 0 Å². The van der Waals surface area contributed by atoms with Gasteiger partial charge in [-0.2, -0.15) is 0 Å². The lowest BCUT2D eigenvalue weighted by Crippen LogP contribution is -2.69. The molecule has 2 aliphatic rings. The summed E-state index contributed by atoms with van der Waals surface area (Å²) in [6.07, 6.45) is 1.19. The minimum Gasteiger partial charge on any atom is -0.366 e. The van der Waals surface area contributed by atoms with E-state index in [1.807, 2.05) is 24.9 Å². The Hall–Kier alpha value is -1.43. The zero-order chi connectivity index (χ0) is 14.7. The molecule has 1 aromatic carbocycles. The molecule has 1 heterocycles. The maximum absolute atomic E-state index is 11.4. The fourth-order valence-electron chi connectivity index (χ4n) is 3.68. The van der Waals surface area contributed by atoms with E-state index in [4.69, 9.17) is 5.73 Å². The van der Waals surface area contributed by atoms with E-state index in [-0.39, 0.29) is 6.04 Å². The van der Waals surface area contributed by atoms with Crippen molar-refractivity contribution in [3.8, 4) is 0 Å². The van der Waals surface area contributed by atoms with Gasteiger partial charge in [-0.3, -0.25) is 9.69 Å². The highest BCUT2D eigenvalue weighted by Crippen LogP contribution is 2.49. The highest BCUT2D eigenvalue weighted by Gasteiger charge is 2.59. The molecule has 1 saturated heterocycles. The Morgan fingerprint density at radius 2 is 2.15 bits per heavy atom. The molecule has 1 aliphatic carbocycles. The summed E-state index contributed by atoms with van der Waals surface area (Å²) in [5, 5.41) is 21.3. The van der Waals surface area contributed by atoms with Crippen LogP contribution in [0.15, 0.2) is 18.2 Å². The van der Waals surface area contributed by atoms with Gasteiger partial charge < -0.3 is 15.9 Å². The normalized spacial score (nSPS) is 31.7. The van der Waals surface area contributed by atoms with Gasteiger partial charge in [0, 0.05) is 11.0 Å². The highest BCUT2D eigenvalue weighted by atomic mass is 16.5. The first kappa shape index (κ1) is 13.5. The van der Waals surface area contributed by atoms with E-state index in [0.717, 1.165) is 17.7 Å². The molecule has 0 saturated carbocycles. The first-order valence-electron chi connectivity index (χ1n) is 6.85. The number of likely N-dealkylation sites (tertiary alicyclic amines) is 1. The lowest BCUT2D eigenvalue weighted by molar-refractivity contribution is -0.270. The second-order valence-electron chi connectivity index (χ2n) is 6.24. The second-order valence-corrected chi connectivity index (χ2v) is 6.24. The molecule has 1 unspecified atom stereocenters. The number of nitrogens with zero attached hydrogens (tertiary/aromatic N) is 1. The van der Waals surface area contributed by atoms with Gasteiger partial charge in [0.2, 0.25) is 5.91 Å². The molecular weight excluding hydrogens is 256 g/mol. The van der Waals surface area contributed by atoms with Crippen LogP contribution in [0.3, 0.4) is 0 Å². The smallest absolute Gasteiger partial charge is 0.248 e. The molecule has 0 spiro atoms. The van der Waals surface area contributed by atoms with E-state index in [9.17, 15) is 15.0 Å². The Balaban J connectivity index is 2.20. The van der Waals surface area contributed by atoms with Gasteiger partial charge in [0.15, 0.2) is 5.79 Å². The number of nitrogens with two attached hydrogens (primary N) is 1. The summed E-state index contributed by atoms with van der Waals surface area (Å²) in [7, 11) is 1.91. The Bertz CT molecular complexity index is 584. The maximum Gasteiger partial charge on any atom is 0.248 e. The first-order chi connectivity index (χ1) is 9.27. The summed E-state index contributed by atoms with van der Waals surface area (Å²) in [5.74, 6) is -2.29. The molecule has 5 nitrogen and oxygen atoms in total. The van der Waals surface area contributed by atoms with Crippen molar-refractivity contribution in [3.05, 3.63) is 34.9 Å². The summed E-state index contributed by atoms with van der Waals surface area (Å²) in [6, 6.07) is 4.99. The Morgan fingerprint density at radius 3 is 2.80 bits per heavy atom. The molecule has 1 aliphatic heterocycles. The molecule has 3 rings (SSSR count). The monoisotopic (exact) mass is 276 g/mol. The lowest BCUT2D eigenvalue weighted by atomic mass is 9.60. The van der Waals surface area contributed by atoms with E-state index in [2.05, 4.69) is 0 Å². The van der Waals surface area contributed by atoms with E-state index in [0.29, 0.717) is 18.4 Å². The van der Waals surface area contributed by atoms with Gasteiger partial charge in [-0.25, -0.2) is 0 Å². The summed E-state index contributed by atoms with van der Waals surface area (Å²) in [6.45, 7) is 2.65. The number of piperidine rings is 1. The molecular formula is C15H20N2O3. The predicted octanol–water partition coefficient (Wildman–Crippen LogP) is -0.0157. The molecule has 108 valence electrons. The number of hydrogen-bond donors (Lipinski definition) is 3. The second kappa shape index (κ2) is 4.04. The van der Waals surface area contributed by atoms with Crippen LogP contribution in [-0.2, 0) is 11.8 Å². The van der Waals surface area contributed by atoms with E-state index in [1.165, 1.54) is 0 Å². The molecule has 0 aromatic heterocycles. The van der Waals surface area contributed by atoms with Crippen molar-refractivity contribution in [1.29, 1.82) is 0 Å². The SMILES string of the molecule is CN1CCC2(C)c3cc(C(N)=O)ccc3C[C@@H]1C2(O)O. The van der Waals surface area contributed by atoms with Crippen molar-refractivity contribution < 1.29 is 15.0 Å². The van der Waals surface area contributed by atoms with Crippen LogP contribution in [0.4, 0.5) is 0 Å². The number of amides is 1. The number of aliphatic hydroxyl groups is 2. The number of primary amides is 1. The number of likely N-dealkylation sites (N-methyl/N-ethyl adjacent to an activating group) is 1. The molecule has 0 radical (unpaired) electrons. The molecule has 1 aromatic rings. The van der Waals surface area contributed by atoms with E-state index < -0.39 is 17.1 Å². The summed E-state index contributed by atoms with van der Waals surface area (Å²) in [4.78, 5) is 13.4. The number of benzene rings is 1. The maximum atomic E-state index is 11.4. The average molecular weight is 276 g/mol. The van der Waals surface area contributed by atoms with Crippen molar-refractivity contribution in [1.82, 2.24) is 4.90 Å². The number of hydrogen-bond acceptors (Lipinski definition) is 4. The van der Waals surface area contributed by atoms with Crippen LogP contribution in [0.2, 0.25) is 0 Å². The predicted molar refractivity (Wildman–Crippen MR) is 74.2 cm³/mol. The largest absolute Gasteiger partial charge is 0.366 e.